The number of carbonyl (C=O) groups is 2. The first-order chi connectivity index (χ1) is 13.8. The predicted octanol–water partition coefficient (Wildman–Crippen LogP) is 4.12. The molecule has 2 N–H and O–H groups in total. The highest BCUT2D eigenvalue weighted by atomic mass is 79.9. The lowest BCUT2D eigenvalue weighted by Gasteiger charge is -2.10. The normalized spacial score (nSPS) is 10.4. The van der Waals surface area contributed by atoms with Gasteiger partial charge in [-0.25, -0.2) is 0 Å². The van der Waals surface area contributed by atoms with Gasteiger partial charge < -0.3 is 15.2 Å². The van der Waals surface area contributed by atoms with Gasteiger partial charge in [-0.2, -0.15) is 0 Å². The molecule has 29 heavy (non-hydrogen) atoms. The first kappa shape index (κ1) is 20.5. The molecule has 7 heteroatoms. The number of pyridine rings is 1. The maximum absolute atomic E-state index is 12.4. The highest BCUT2D eigenvalue weighted by Crippen LogP contribution is 2.21. The minimum absolute atomic E-state index is 0.0778. The second-order valence-electron chi connectivity index (χ2n) is 6.71. The van der Waals surface area contributed by atoms with Gasteiger partial charge >= 0.3 is 0 Å². The maximum atomic E-state index is 12.4. The zero-order valence-corrected chi connectivity index (χ0v) is 17.6. The summed E-state index contributed by atoms with van der Waals surface area (Å²) in [6, 6.07) is 15.3. The Hall–Kier alpha value is -3.19. The minimum atomic E-state index is -0.319. The number of anilines is 2. The number of aryl methyl sites for hydroxylation is 2. The van der Waals surface area contributed by atoms with Crippen LogP contribution in [-0.4, -0.2) is 16.4 Å². The fourth-order valence-corrected chi connectivity index (χ4v) is 3.27. The van der Waals surface area contributed by atoms with E-state index in [1.54, 1.807) is 36.5 Å². The van der Waals surface area contributed by atoms with Gasteiger partial charge in [0.05, 0.1) is 0 Å². The van der Waals surface area contributed by atoms with Gasteiger partial charge in [-0.3, -0.25) is 14.4 Å². The van der Waals surface area contributed by atoms with E-state index < -0.39 is 0 Å². The van der Waals surface area contributed by atoms with Crippen molar-refractivity contribution in [1.29, 1.82) is 0 Å². The van der Waals surface area contributed by atoms with Crippen LogP contribution in [0.25, 0.3) is 0 Å². The Morgan fingerprint density at radius 3 is 2.38 bits per heavy atom. The smallest absolute Gasteiger partial charge is 0.255 e. The van der Waals surface area contributed by atoms with Gasteiger partial charge in [0.1, 0.15) is 6.54 Å². The second-order valence-corrected chi connectivity index (χ2v) is 7.63. The van der Waals surface area contributed by atoms with Gasteiger partial charge in [0.25, 0.3) is 11.5 Å². The van der Waals surface area contributed by atoms with Crippen molar-refractivity contribution in [2.45, 2.75) is 20.4 Å². The van der Waals surface area contributed by atoms with E-state index >= 15 is 0 Å². The number of nitrogens with zero attached hydrogens (tertiary/aromatic N) is 1. The van der Waals surface area contributed by atoms with Crippen LogP contribution in [0, 0.1) is 13.8 Å². The number of hydrogen-bond donors (Lipinski definition) is 2. The van der Waals surface area contributed by atoms with Crippen LogP contribution >= 0.6 is 15.9 Å². The molecule has 3 rings (SSSR count). The SMILES string of the molecule is Cc1ccc(=O)n(CC(=O)Nc2ccc(C(=O)Nc3ccc(Br)cc3C)cc2)c1. The molecular weight excluding hydrogens is 434 g/mol. The molecular formula is C22H20BrN3O3. The molecule has 6 nitrogen and oxygen atoms in total. The summed E-state index contributed by atoms with van der Waals surface area (Å²) >= 11 is 3.40. The summed E-state index contributed by atoms with van der Waals surface area (Å²) in [6.07, 6.45) is 1.64. The zero-order chi connectivity index (χ0) is 21.0. The van der Waals surface area contributed by atoms with E-state index in [9.17, 15) is 14.4 Å². The maximum Gasteiger partial charge on any atom is 0.255 e. The highest BCUT2D eigenvalue weighted by Gasteiger charge is 2.10. The molecule has 1 aromatic heterocycles. The molecule has 0 aliphatic carbocycles. The number of nitrogens with one attached hydrogen (secondary N) is 2. The van der Waals surface area contributed by atoms with Crippen molar-refractivity contribution in [1.82, 2.24) is 4.57 Å². The molecule has 1 heterocycles. The van der Waals surface area contributed by atoms with E-state index in [0.717, 1.165) is 21.3 Å². The van der Waals surface area contributed by atoms with Crippen LogP contribution in [0.2, 0.25) is 0 Å². The Morgan fingerprint density at radius 1 is 0.966 bits per heavy atom. The van der Waals surface area contributed by atoms with Crippen molar-refractivity contribution in [2.75, 3.05) is 10.6 Å². The number of amides is 2. The Morgan fingerprint density at radius 2 is 1.69 bits per heavy atom. The molecule has 2 aromatic carbocycles. The highest BCUT2D eigenvalue weighted by molar-refractivity contribution is 9.10. The standard InChI is InChI=1S/C22H20BrN3O3/c1-14-3-10-21(28)26(12-14)13-20(27)24-18-7-4-16(5-8-18)22(29)25-19-9-6-17(23)11-15(19)2/h3-12H,13H2,1-2H3,(H,24,27)(H,25,29). The van der Waals surface area contributed by atoms with Gasteiger partial charge in [0.2, 0.25) is 5.91 Å². The van der Waals surface area contributed by atoms with Gasteiger partial charge in [-0.05, 0) is 67.4 Å². The summed E-state index contributed by atoms with van der Waals surface area (Å²) in [6.45, 7) is 3.69. The molecule has 0 fully saturated rings. The first-order valence-corrected chi connectivity index (χ1v) is 9.75. The Balaban J connectivity index is 1.63. The van der Waals surface area contributed by atoms with Crippen LogP contribution in [-0.2, 0) is 11.3 Å². The number of benzene rings is 2. The van der Waals surface area contributed by atoms with Crippen molar-refractivity contribution < 1.29 is 9.59 Å². The van der Waals surface area contributed by atoms with Crippen LogP contribution < -0.4 is 16.2 Å². The quantitative estimate of drug-likeness (QED) is 0.609. The Bertz CT molecular complexity index is 1120. The molecule has 0 atom stereocenters. The third-order valence-electron chi connectivity index (χ3n) is 4.31. The van der Waals surface area contributed by atoms with Crippen LogP contribution in [0.15, 0.2) is 70.1 Å². The zero-order valence-electron chi connectivity index (χ0n) is 16.0. The number of rotatable bonds is 5. The molecule has 0 aliphatic heterocycles. The van der Waals surface area contributed by atoms with Crippen LogP contribution in [0.4, 0.5) is 11.4 Å². The molecule has 0 saturated heterocycles. The Kier molecular flexibility index (Phi) is 6.29. The van der Waals surface area contributed by atoms with Crippen LogP contribution in [0.3, 0.4) is 0 Å². The average molecular weight is 454 g/mol. The Labute approximate surface area is 176 Å². The third kappa shape index (κ3) is 5.42. The van der Waals surface area contributed by atoms with E-state index in [4.69, 9.17) is 0 Å². The summed E-state index contributed by atoms with van der Waals surface area (Å²) in [5.74, 6) is -0.556. The molecule has 2 amide bonds. The van der Waals surface area contributed by atoms with Gasteiger partial charge in [-0.1, -0.05) is 22.0 Å². The largest absolute Gasteiger partial charge is 0.325 e. The molecule has 0 radical (unpaired) electrons. The fourth-order valence-electron chi connectivity index (χ4n) is 2.80. The van der Waals surface area contributed by atoms with Gasteiger partial charge in [0, 0.05) is 33.7 Å². The molecule has 0 spiro atoms. The molecule has 3 aromatic rings. The van der Waals surface area contributed by atoms with E-state index in [0.29, 0.717) is 11.3 Å². The number of aromatic nitrogens is 1. The summed E-state index contributed by atoms with van der Waals surface area (Å²) in [4.78, 5) is 36.5. The van der Waals surface area contributed by atoms with E-state index in [1.807, 2.05) is 32.0 Å². The van der Waals surface area contributed by atoms with Gasteiger partial charge in [-0.15, -0.1) is 0 Å². The third-order valence-corrected chi connectivity index (χ3v) is 4.81. The lowest BCUT2D eigenvalue weighted by Crippen LogP contribution is -2.26. The molecule has 148 valence electrons. The predicted molar refractivity (Wildman–Crippen MR) is 117 cm³/mol. The van der Waals surface area contributed by atoms with Gasteiger partial charge in [0.15, 0.2) is 0 Å². The van der Waals surface area contributed by atoms with Crippen LogP contribution in [0.5, 0.6) is 0 Å². The van der Waals surface area contributed by atoms with Crippen LogP contribution in [0.1, 0.15) is 21.5 Å². The number of carbonyl (C=O) groups excluding carboxylic acids is 2. The molecule has 0 aliphatic rings. The topological polar surface area (TPSA) is 80.2 Å². The first-order valence-electron chi connectivity index (χ1n) is 8.96. The van der Waals surface area contributed by atoms with Crippen molar-refractivity contribution >= 4 is 39.1 Å². The molecule has 0 saturated carbocycles. The summed E-state index contributed by atoms with van der Waals surface area (Å²) in [7, 11) is 0. The lowest BCUT2D eigenvalue weighted by molar-refractivity contribution is -0.116. The average Bonchev–Trinajstić information content (AvgIpc) is 2.67. The van der Waals surface area contributed by atoms with E-state index in [-0.39, 0.29) is 23.9 Å². The second kappa shape index (κ2) is 8.87. The minimum Gasteiger partial charge on any atom is -0.325 e. The van der Waals surface area contributed by atoms with E-state index in [2.05, 4.69) is 26.6 Å². The van der Waals surface area contributed by atoms with Crippen molar-refractivity contribution in [3.8, 4) is 0 Å². The number of halogens is 1. The summed E-state index contributed by atoms with van der Waals surface area (Å²) in [5, 5.41) is 5.61. The monoisotopic (exact) mass is 453 g/mol. The molecule has 0 unspecified atom stereocenters. The lowest BCUT2D eigenvalue weighted by atomic mass is 10.1. The van der Waals surface area contributed by atoms with Crippen molar-refractivity contribution in [2.24, 2.45) is 0 Å². The molecule has 0 bridgehead atoms. The van der Waals surface area contributed by atoms with Crippen molar-refractivity contribution in [3.05, 3.63) is 92.3 Å². The number of hydrogen-bond acceptors (Lipinski definition) is 3. The summed E-state index contributed by atoms with van der Waals surface area (Å²) in [5.41, 5.74) is 3.37. The summed E-state index contributed by atoms with van der Waals surface area (Å²) < 4.78 is 2.30. The van der Waals surface area contributed by atoms with E-state index in [1.165, 1.54) is 10.6 Å². The fraction of sp³-hybridized carbons (Fsp3) is 0.136. The van der Waals surface area contributed by atoms with Crippen molar-refractivity contribution in [3.63, 3.8) is 0 Å².